The molecule has 1 amide bonds. The van der Waals surface area contributed by atoms with Crippen molar-refractivity contribution in [2.45, 2.75) is 6.61 Å². The van der Waals surface area contributed by atoms with E-state index in [1.165, 1.54) is 24.1 Å². The average molecular weight is 591 g/mol. The maximum Gasteiger partial charge on any atom is 0.335 e. The Bertz CT molecular complexity index is 1380. The first kappa shape index (κ1) is 25.2. The number of carbonyl (C=O) groups excluding carboxylic acids is 1. The summed E-state index contributed by atoms with van der Waals surface area (Å²) in [5, 5.41) is 9.87. The third-order valence-corrected chi connectivity index (χ3v) is 7.28. The first-order chi connectivity index (χ1) is 16.8. The fraction of sp³-hybridized carbons (Fsp3) is 0.0800. The van der Waals surface area contributed by atoms with Gasteiger partial charge in [0.15, 0.2) is 15.8 Å². The monoisotopic (exact) mass is 589 g/mol. The third kappa shape index (κ3) is 5.54. The summed E-state index contributed by atoms with van der Waals surface area (Å²) in [5.41, 5.74) is 2.00. The molecule has 0 saturated carbocycles. The number of amides is 1. The van der Waals surface area contributed by atoms with E-state index < -0.39 is 5.97 Å². The lowest BCUT2D eigenvalue weighted by Crippen LogP contribution is -2.27. The number of halogens is 2. The minimum Gasteiger partial charge on any atom is -0.493 e. The second-order valence-corrected chi connectivity index (χ2v) is 10.2. The molecule has 10 heteroatoms. The molecule has 0 spiro atoms. The lowest BCUT2D eigenvalue weighted by molar-refractivity contribution is -0.113. The van der Waals surface area contributed by atoms with Crippen LogP contribution in [0.25, 0.3) is 6.08 Å². The summed E-state index contributed by atoms with van der Waals surface area (Å²) >= 11 is 16.3. The van der Waals surface area contributed by atoms with Crippen LogP contribution in [0.15, 0.2) is 70.0 Å². The van der Waals surface area contributed by atoms with Crippen LogP contribution in [0.1, 0.15) is 21.5 Å². The second-order valence-electron chi connectivity index (χ2n) is 7.29. The Morgan fingerprint density at radius 3 is 2.69 bits per heavy atom. The van der Waals surface area contributed by atoms with E-state index >= 15 is 0 Å². The van der Waals surface area contributed by atoms with Crippen molar-refractivity contribution in [3.05, 3.63) is 91.8 Å². The van der Waals surface area contributed by atoms with Gasteiger partial charge < -0.3 is 14.6 Å². The smallest absolute Gasteiger partial charge is 0.335 e. The summed E-state index contributed by atoms with van der Waals surface area (Å²) in [6.07, 6.45) is 1.70. The molecule has 35 heavy (non-hydrogen) atoms. The molecule has 1 aliphatic heterocycles. The summed E-state index contributed by atoms with van der Waals surface area (Å²) in [6.45, 7) is 0.252. The van der Waals surface area contributed by atoms with E-state index in [0.29, 0.717) is 41.5 Å². The van der Waals surface area contributed by atoms with E-state index in [-0.39, 0.29) is 18.1 Å². The number of hydrogen-bond donors (Lipinski definition) is 1. The number of carbonyl (C=O) groups is 2. The van der Waals surface area contributed by atoms with Crippen LogP contribution in [0, 0.1) is 0 Å². The Hall–Kier alpha value is -2.85. The van der Waals surface area contributed by atoms with Crippen molar-refractivity contribution in [3.63, 3.8) is 0 Å². The SMILES string of the molecule is COc1cc(/C=C2/SC(=S)N(c3cccc(C(=O)O)c3)C2=O)cc(Br)c1OCc1ccccc1Cl. The molecule has 4 rings (SSSR count). The number of anilines is 1. The van der Waals surface area contributed by atoms with Gasteiger partial charge in [0.05, 0.1) is 27.7 Å². The summed E-state index contributed by atoms with van der Waals surface area (Å²) in [7, 11) is 1.53. The summed E-state index contributed by atoms with van der Waals surface area (Å²) < 4.78 is 12.4. The number of carboxylic acid groups (broad SMARTS) is 1. The van der Waals surface area contributed by atoms with Gasteiger partial charge in [-0.05, 0) is 64.0 Å². The molecule has 0 aromatic heterocycles. The van der Waals surface area contributed by atoms with Crippen molar-refractivity contribution in [3.8, 4) is 11.5 Å². The quantitative estimate of drug-likeness (QED) is 0.240. The average Bonchev–Trinajstić information content (AvgIpc) is 3.11. The predicted molar refractivity (Wildman–Crippen MR) is 146 cm³/mol. The highest BCUT2D eigenvalue weighted by molar-refractivity contribution is 9.10. The molecule has 0 aliphatic carbocycles. The molecule has 3 aromatic carbocycles. The van der Waals surface area contributed by atoms with Crippen molar-refractivity contribution in [1.29, 1.82) is 0 Å². The Kier molecular flexibility index (Phi) is 7.81. The molecule has 1 saturated heterocycles. The molecule has 0 radical (unpaired) electrons. The highest BCUT2D eigenvalue weighted by Crippen LogP contribution is 2.40. The molecule has 6 nitrogen and oxygen atoms in total. The minimum atomic E-state index is -1.08. The molecule has 1 heterocycles. The van der Waals surface area contributed by atoms with Gasteiger partial charge >= 0.3 is 5.97 Å². The van der Waals surface area contributed by atoms with Crippen LogP contribution in [0.3, 0.4) is 0 Å². The van der Waals surface area contributed by atoms with Crippen molar-refractivity contribution in [2.75, 3.05) is 12.0 Å². The number of benzene rings is 3. The van der Waals surface area contributed by atoms with E-state index in [0.717, 1.165) is 17.3 Å². The topological polar surface area (TPSA) is 76.1 Å². The highest BCUT2D eigenvalue weighted by atomic mass is 79.9. The molecule has 178 valence electrons. The van der Waals surface area contributed by atoms with Crippen molar-refractivity contribution in [1.82, 2.24) is 0 Å². The molecule has 1 N–H and O–H groups in total. The van der Waals surface area contributed by atoms with Gasteiger partial charge in [-0.25, -0.2) is 4.79 Å². The maximum absolute atomic E-state index is 13.1. The number of thiocarbonyl (C=S) groups is 1. The zero-order valence-electron chi connectivity index (χ0n) is 18.2. The fourth-order valence-electron chi connectivity index (χ4n) is 3.35. The van der Waals surface area contributed by atoms with Gasteiger partial charge in [0, 0.05) is 10.6 Å². The molecular formula is C25H17BrClNO5S2. The first-order valence-electron chi connectivity index (χ1n) is 10.1. The number of ether oxygens (including phenoxy) is 2. The van der Waals surface area contributed by atoms with E-state index in [1.54, 1.807) is 30.3 Å². The van der Waals surface area contributed by atoms with E-state index in [9.17, 15) is 14.7 Å². The number of carboxylic acids is 1. The highest BCUT2D eigenvalue weighted by Gasteiger charge is 2.33. The molecule has 0 unspecified atom stereocenters. The number of nitrogens with zero attached hydrogens (tertiary/aromatic N) is 1. The normalized spacial score (nSPS) is 14.5. The first-order valence-corrected chi connectivity index (χ1v) is 12.5. The van der Waals surface area contributed by atoms with E-state index in [4.69, 9.17) is 33.3 Å². The van der Waals surface area contributed by atoms with Crippen LogP contribution < -0.4 is 14.4 Å². The van der Waals surface area contributed by atoms with Crippen molar-refractivity contribution < 1.29 is 24.2 Å². The Morgan fingerprint density at radius 1 is 1.20 bits per heavy atom. The molecule has 1 fully saturated rings. The number of methoxy groups -OCH3 is 1. The Morgan fingerprint density at radius 2 is 1.97 bits per heavy atom. The van der Waals surface area contributed by atoms with E-state index in [2.05, 4.69) is 15.9 Å². The Labute approximate surface area is 224 Å². The fourth-order valence-corrected chi connectivity index (χ4v) is 5.41. The summed E-state index contributed by atoms with van der Waals surface area (Å²) in [4.78, 5) is 26.2. The predicted octanol–water partition coefficient (Wildman–Crippen LogP) is 6.79. The summed E-state index contributed by atoms with van der Waals surface area (Å²) in [6, 6.07) is 17.1. The number of hydrogen-bond acceptors (Lipinski definition) is 6. The van der Waals surface area contributed by atoms with E-state index in [1.807, 2.05) is 24.3 Å². The molecule has 1 aliphatic rings. The van der Waals surface area contributed by atoms with Gasteiger partial charge in [0.2, 0.25) is 0 Å². The van der Waals surface area contributed by atoms with Crippen LogP contribution >= 0.6 is 51.5 Å². The Balaban J connectivity index is 1.59. The standard InChI is InChI=1S/C25H17BrClNO5S2/c1-32-20-10-14(9-18(26)22(20)33-13-16-5-2-3-8-19(16)27)11-21-23(29)28(25(34)35-21)17-7-4-6-15(12-17)24(30)31/h2-12H,13H2,1H3,(H,30,31)/b21-11+. The second kappa shape index (κ2) is 10.8. The van der Waals surface area contributed by atoms with Crippen molar-refractivity contribution in [2.24, 2.45) is 0 Å². The van der Waals surface area contributed by atoms with Crippen molar-refractivity contribution >= 4 is 79.5 Å². The van der Waals surface area contributed by atoms with Gasteiger partial charge in [-0.3, -0.25) is 9.69 Å². The van der Waals surface area contributed by atoms with Gasteiger partial charge in [0.1, 0.15) is 6.61 Å². The molecule has 3 aromatic rings. The van der Waals surface area contributed by atoms with Crippen LogP contribution in [0.2, 0.25) is 5.02 Å². The van der Waals surface area contributed by atoms with Crippen LogP contribution in [0.4, 0.5) is 5.69 Å². The zero-order valence-corrected chi connectivity index (χ0v) is 22.1. The summed E-state index contributed by atoms with van der Waals surface area (Å²) in [5.74, 6) is -0.441. The number of rotatable bonds is 7. The zero-order chi connectivity index (χ0) is 25.1. The largest absolute Gasteiger partial charge is 0.493 e. The minimum absolute atomic E-state index is 0.0709. The van der Waals surface area contributed by atoms with Gasteiger partial charge in [-0.2, -0.15) is 0 Å². The lowest BCUT2D eigenvalue weighted by atomic mass is 10.1. The number of thioether (sulfide) groups is 1. The molecular weight excluding hydrogens is 574 g/mol. The maximum atomic E-state index is 13.1. The number of aromatic carboxylic acids is 1. The van der Waals surface area contributed by atoms with Gasteiger partial charge in [-0.15, -0.1) is 0 Å². The van der Waals surface area contributed by atoms with Gasteiger partial charge in [-0.1, -0.05) is 59.8 Å². The van der Waals surface area contributed by atoms with Crippen LogP contribution in [-0.4, -0.2) is 28.4 Å². The van der Waals surface area contributed by atoms with Crippen LogP contribution in [-0.2, 0) is 11.4 Å². The van der Waals surface area contributed by atoms with Gasteiger partial charge in [0.25, 0.3) is 5.91 Å². The lowest BCUT2D eigenvalue weighted by Gasteiger charge is -2.15. The third-order valence-electron chi connectivity index (χ3n) is 5.02. The van der Waals surface area contributed by atoms with Crippen LogP contribution in [0.5, 0.6) is 11.5 Å². The molecule has 0 bridgehead atoms. The molecule has 0 atom stereocenters.